The van der Waals surface area contributed by atoms with Gasteiger partial charge in [0.25, 0.3) is 5.56 Å². The predicted molar refractivity (Wildman–Crippen MR) is 136 cm³/mol. The Hall–Kier alpha value is -3.95. The number of hydrogen-bond donors (Lipinski definition) is 2. The lowest BCUT2D eigenvalue weighted by Gasteiger charge is -2.30. The van der Waals surface area contributed by atoms with Crippen LogP contribution in [0.5, 0.6) is 0 Å². The minimum atomic E-state index is -0.903. The van der Waals surface area contributed by atoms with Crippen LogP contribution >= 0.6 is 0 Å². The molecule has 2 saturated heterocycles. The molecule has 10 heteroatoms. The standard InChI is InChI=1S/C26H30N6O4/c1-16-5-3-4-6-21(16)22-13-18-14-27-25(28-19-7-10-30(11-8-19)26(35)36)29-23(18)32(24(22)34)20-9-12-31(15-20)17(2)33/h3-6,13-14,19-20H,7-12,15H2,1-2H3,(H,35,36)(H,27,28,29)/t20-/m0/s1. The Morgan fingerprint density at radius 2 is 1.78 bits per heavy atom. The maximum atomic E-state index is 13.9. The predicted octanol–water partition coefficient (Wildman–Crippen LogP) is 3.11. The summed E-state index contributed by atoms with van der Waals surface area (Å²) in [6, 6.07) is 9.50. The van der Waals surface area contributed by atoms with Gasteiger partial charge in [0, 0.05) is 56.3 Å². The Balaban J connectivity index is 1.55. The van der Waals surface area contributed by atoms with Crippen molar-refractivity contribution in [3.8, 4) is 11.1 Å². The van der Waals surface area contributed by atoms with Crippen LogP contribution in [0, 0.1) is 6.92 Å². The zero-order valence-electron chi connectivity index (χ0n) is 20.5. The molecule has 2 N–H and O–H groups in total. The highest BCUT2D eigenvalue weighted by Gasteiger charge is 2.29. The van der Waals surface area contributed by atoms with Gasteiger partial charge < -0.3 is 20.2 Å². The van der Waals surface area contributed by atoms with E-state index in [1.54, 1.807) is 22.6 Å². The highest BCUT2D eigenvalue weighted by Crippen LogP contribution is 2.28. The largest absolute Gasteiger partial charge is 0.465 e. The monoisotopic (exact) mass is 490 g/mol. The first-order chi connectivity index (χ1) is 17.3. The molecule has 5 rings (SSSR count). The number of benzene rings is 1. The number of nitrogens with one attached hydrogen (secondary N) is 1. The normalized spacial score (nSPS) is 18.6. The van der Waals surface area contributed by atoms with Crippen molar-refractivity contribution in [3.05, 3.63) is 52.4 Å². The molecule has 0 aliphatic carbocycles. The second kappa shape index (κ2) is 9.60. The van der Waals surface area contributed by atoms with Crippen LogP contribution in [0.4, 0.5) is 10.7 Å². The number of aryl methyl sites for hydroxylation is 1. The molecule has 10 nitrogen and oxygen atoms in total. The lowest BCUT2D eigenvalue weighted by atomic mass is 10.0. The van der Waals surface area contributed by atoms with Gasteiger partial charge in [-0.15, -0.1) is 0 Å². The molecule has 2 amide bonds. The molecule has 0 bridgehead atoms. The smallest absolute Gasteiger partial charge is 0.407 e. The summed E-state index contributed by atoms with van der Waals surface area (Å²) < 4.78 is 1.74. The molecular weight excluding hydrogens is 460 g/mol. The van der Waals surface area contributed by atoms with Gasteiger partial charge in [-0.3, -0.25) is 14.2 Å². The second-order valence-electron chi connectivity index (χ2n) is 9.62. The summed E-state index contributed by atoms with van der Waals surface area (Å²) in [5, 5.41) is 13.3. The van der Waals surface area contributed by atoms with E-state index in [0.29, 0.717) is 62.6 Å². The van der Waals surface area contributed by atoms with E-state index in [1.165, 1.54) is 4.90 Å². The summed E-state index contributed by atoms with van der Waals surface area (Å²) >= 11 is 0. The van der Waals surface area contributed by atoms with Crippen molar-refractivity contribution in [2.75, 3.05) is 31.5 Å². The van der Waals surface area contributed by atoms with E-state index in [9.17, 15) is 19.5 Å². The number of carbonyl (C=O) groups excluding carboxylic acids is 1. The average Bonchev–Trinajstić information content (AvgIpc) is 3.35. The molecule has 0 radical (unpaired) electrons. The Morgan fingerprint density at radius 1 is 1.06 bits per heavy atom. The van der Waals surface area contributed by atoms with E-state index >= 15 is 0 Å². The van der Waals surface area contributed by atoms with E-state index in [2.05, 4.69) is 10.3 Å². The van der Waals surface area contributed by atoms with Gasteiger partial charge in [-0.25, -0.2) is 9.78 Å². The first-order valence-corrected chi connectivity index (χ1v) is 12.3. The maximum absolute atomic E-state index is 13.9. The number of nitrogens with zero attached hydrogens (tertiary/aromatic N) is 5. The van der Waals surface area contributed by atoms with Gasteiger partial charge >= 0.3 is 6.09 Å². The van der Waals surface area contributed by atoms with Crippen molar-refractivity contribution in [1.82, 2.24) is 24.3 Å². The van der Waals surface area contributed by atoms with Gasteiger partial charge in [0.05, 0.1) is 6.04 Å². The van der Waals surface area contributed by atoms with Crippen molar-refractivity contribution in [3.63, 3.8) is 0 Å². The lowest BCUT2D eigenvalue weighted by molar-refractivity contribution is -0.127. The van der Waals surface area contributed by atoms with Crippen LogP contribution < -0.4 is 10.9 Å². The van der Waals surface area contributed by atoms with E-state index in [0.717, 1.165) is 16.5 Å². The molecule has 2 aromatic heterocycles. The number of rotatable bonds is 4. The molecular formula is C26H30N6O4. The molecule has 1 atom stereocenters. The Bertz CT molecular complexity index is 1380. The first-order valence-electron chi connectivity index (χ1n) is 12.3. The molecule has 4 heterocycles. The molecule has 2 aliphatic heterocycles. The van der Waals surface area contributed by atoms with Gasteiger partial charge in [-0.05, 0) is 43.4 Å². The fourth-order valence-electron chi connectivity index (χ4n) is 5.23. The van der Waals surface area contributed by atoms with Gasteiger partial charge in [-0.2, -0.15) is 4.98 Å². The van der Waals surface area contributed by atoms with Crippen LogP contribution in [-0.2, 0) is 4.79 Å². The number of aromatic nitrogens is 3. The minimum absolute atomic E-state index is 0.00500. The van der Waals surface area contributed by atoms with Crippen molar-refractivity contribution in [1.29, 1.82) is 0 Å². The van der Waals surface area contributed by atoms with Gasteiger partial charge in [0.1, 0.15) is 5.65 Å². The number of anilines is 1. The number of amides is 2. The maximum Gasteiger partial charge on any atom is 0.407 e. The fourth-order valence-corrected chi connectivity index (χ4v) is 5.23. The number of pyridine rings is 1. The summed E-state index contributed by atoms with van der Waals surface area (Å²) in [7, 11) is 0. The third kappa shape index (κ3) is 4.50. The Kier molecular flexibility index (Phi) is 6.34. The zero-order valence-corrected chi connectivity index (χ0v) is 20.5. The quantitative estimate of drug-likeness (QED) is 0.576. The molecule has 0 spiro atoms. The van der Waals surface area contributed by atoms with Crippen molar-refractivity contribution in [2.45, 2.75) is 45.2 Å². The van der Waals surface area contributed by atoms with Gasteiger partial charge in [0.15, 0.2) is 0 Å². The van der Waals surface area contributed by atoms with Crippen LogP contribution in [0.3, 0.4) is 0 Å². The Morgan fingerprint density at radius 3 is 2.44 bits per heavy atom. The summed E-state index contributed by atoms with van der Waals surface area (Å²) in [5.41, 5.74) is 2.86. The topological polar surface area (TPSA) is 121 Å². The van der Waals surface area contributed by atoms with Crippen LogP contribution in [0.1, 0.15) is 37.8 Å². The number of likely N-dealkylation sites (tertiary alicyclic amines) is 2. The third-order valence-electron chi connectivity index (χ3n) is 7.28. The van der Waals surface area contributed by atoms with E-state index in [1.807, 2.05) is 37.3 Å². The number of carboxylic acid groups (broad SMARTS) is 1. The number of fused-ring (bicyclic) bond motifs is 1. The molecule has 2 fully saturated rings. The summed E-state index contributed by atoms with van der Waals surface area (Å²) in [4.78, 5) is 49.6. The van der Waals surface area contributed by atoms with Crippen LogP contribution in [0.15, 0.2) is 41.3 Å². The highest BCUT2D eigenvalue weighted by molar-refractivity contribution is 5.82. The minimum Gasteiger partial charge on any atom is -0.465 e. The number of carbonyl (C=O) groups is 2. The van der Waals surface area contributed by atoms with Crippen LogP contribution in [0.2, 0.25) is 0 Å². The van der Waals surface area contributed by atoms with Crippen molar-refractivity contribution in [2.24, 2.45) is 0 Å². The Labute approximate surface area is 208 Å². The molecule has 188 valence electrons. The van der Waals surface area contributed by atoms with Crippen LogP contribution in [-0.4, -0.2) is 73.7 Å². The number of piperidine rings is 1. The van der Waals surface area contributed by atoms with E-state index in [-0.39, 0.29) is 23.6 Å². The lowest BCUT2D eigenvalue weighted by Crippen LogP contribution is -2.41. The molecule has 0 unspecified atom stereocenters. The van der Waals surface area contributed by atoms with E-state index in [4.69, 9.17) is 4.98 Å². The highest BCUT2D eigenvalue weighted by atomic mass is 16.4. The summed E-state index contributed by atoms with van der Waals surface area (Å²) in [6.45, 7) is 5.49. The van der Waals surface area contributed by atoms with Crippen LogP contribution in [0.25, 0.3) is 22.2 Å². The first kappa shape index (κ1) is 23.8. The summed E-state index contributed by atoms with van der Waals surface area (Å²) in [5.74, 6) is 0.407. The molecule has 0 saturated carbocycles. The van der Waals surface area contributed by atoms with Crippen molar-refractivity contribution >= 4 is 29.0 Å². The fraction of sp³-hybridized carbons (Fsp3) is 0.423. The van der Waals surface area contributed by atoms with Gasteiger partial charge in [0.2, 0.25) is 11.9 Å². The van der Waals surface area contributed by atoms with E-state index < -0.39 is 6.09 Å². The third-order valence-corrected chi connectivity index (χ3v) is 7.28. The van der Waals surface area contributed by atoms with Crippen molar-refractivity contribution < 1.29 is 14.7 Å². The number of hydrogen-bond acceptors (Lipinski definition) is 6. The second-order valence-corrected chi connectivity index (χ2v) is 9.62. The zero-order chi connectivity index (χ0) is 25.4. The molecule has 3 aromatic rings. The molecule has 36 heavy (non-hydrogen) atoms. The summed E-state index contributed by atoms with van der Waals surface area (Å²) in [6.07, 6.45) is 2.81. The SMILES string of the molecule is CC(=O)N1CC[C@H](n2c(=O)c(-c3ccccc3C)cc3cnc(NC4CCN(C(=O)O)CC4)nc32)C1. The average molecular weight is 491 g/mol. The molecule has 2 aliphatic rings. The molecule has 1 aromatic carbocycles. The van der Waals surface area contributed by atoms with Gasteiger partial charge in [-0.1, -0.05) is 24.3 Å².